The molecular formula is C16H18N2O3. The second-order valence-electron chi connectivity index (χ2n) is 5.47. The molecule has 3 atom stereocenters. The zero-order valence-electron chi connectivity index (χ0n) is 11.8. The summed E-state index contributed by atoms with van der Waals surface area (Å²) in [6.45, 7) is 0.346. The Labute approximate surface area is 123 Å². The van der Waals surface area contributed by atoms with Crippen LogP contribution in [0, 0.1) is 11.8 Å². The number of benzene rings is 1. The first-order valence-electron chi connectivity index (χ1n) is 7.01. The number of hydrogen-bond donors (Lipinski definition) is 1. The molecule has 0 bridgehead atoms. The lowest BCUT2D eigenvalue weighted by Gasteiger charge is -2.21. The molecule has 1 aliphatic rings. The van der Waals surface area contributed by atoms with Gasteiger partial charge in [0.25, 0.3) is 0 Å². The topological polar surface area (TPSA) is 64.4 Å². The lowest BCUT2D eigenvalue weighted by Crippen LogP contribution is -2.26. The van der Waals surface area contributed by atoms with Crippen LogP contribution in [0.4, 0.5) is 0 Å². The van der Waals surface area contributed by atoms with Crippen LogP contribution in [0.2, 0.25) is 0 Å². The van der Waals surface area contributed by atoms with Crippen LogP contribution in [0.15, 0.2) is 42.9 Å². The number of esters is 1. The maximum absolute atomic E-state index is 12.0. The van der Waals surface area contributed by atoms with Gasteiger partial charge in [-0.25, -0.2) is 4.98 Å². The van der Waals surface area contributed by atoms with Crippen LogP contribution in [0.1, 0.15) is 17.4 Å². The molecule has 0 radical (unpaired) electrons. The number of carbonyl (C=O) groups is 1. The van der Waals surface area contributed by atoms with Gasteiger partial charge in [-0.15, -0.1) is 0 Å². The van der Waals surface area contributed by atoms with E-state index in [0.29, 0.717) is 13.0 Å². The summed E-state index contributed by atoms with van der Waals surface area (Å²) in [6.07, 6.45) is 3.35. The van der Waals surface area contributed by atoms with Crippen molar-refractivity contribution in [2.45, 2.75) is 12.5 Å². The Hall–Kier alpha value is -2.14. The molecule has 0 unspecified atom stereocenters. The first-order chi connectivity index (χ1) is 10.2. The maximum atomic E-state index is 12.0. The molecule has 5 heteroatoms. The van der Waals surface area contributed by atoms with Gasteiger partial charge in [0.05, 0.1) is 25.0 Å². The van der Waals surface area contributed by atoms with Crippen LogP contribution in [0.3, 0.4) is 0 Å². The molecule has 1 saturated heterocycles. The number of aliphatic hydroxyl groups is 1. The summed E-state index contributed by atoms with van der Waals surface area (Å²) in [6, 6.07) is 9.26. The van der Waals surface area contributed by atoms with Crippen molar-refractivity contribution in [1.29, 1.82) is 0 Å². The van der Waals surface area contributed by atoms with Gasteiger partial charge >= 0.3 is 5.97 Å². The predicted molar refractivity (Wildman–Crippen MR) is 76.3 cm³/mol. The van der Waals surface area contributed by atoms with Gasteiger partial charge in [0, 0.05) is 24.9 Å². The van der Waals surface area contributed by atoms with E-state index < -0.39 is 12.0 Å². The Kier molecular flexibility index (Phi) is 3.75. The van der Waals surface area contributed by atoms with E-state index in [0.717, 1.165) is 11.3 Å². The highest BCUT2D eigenvalue weighted by atomic mass is 16.5. The van der Waals surface area contributed by atoms with Crippen molar-refractivity contribution >= 4 is 5.97 Å². The van der Waals surface area contributed by atoms with E-state index in [9.17, 15) is 9.90 Å². The molecule has 1 aromatic heterocycles. The van der Waals surface area contributed by atoms with Crippen LogP contribution < -0.4 is 0 Å². The Bertz CT molecular complexity index is 623. The Morgan fingerprint density at radius 1 is 1.43 bits per heavy atom. The fourth-order valence-electron chi connectivity index (χ4n) is 2.86. The minimum atomic E-state index is -0.834. The van der Waals surface area contributed by atoms with E-state index in [1.807, 2.05) is 41.9 Å². The van der Waals surface area contributed by atoms with E-state index in [4.69, 9.17) is 4.74 Å². The second-order valence-corrected chi connectivity index (χ2v) is 5.47. The second kappa shape index (κ2) is 5.69. The number of rotatable bonds is 4. The molecule has 21 heavy (non-hydrogen) atoms. The molecule has 2 aromatic rings. The molecule has 0 spiro atoms. The molecule has 0 aliphatic carbocycles. The molecule has 1 aliphatic heterocycles. The summed E-state index contributed by atoms with van der Waals surface area (Å²) in [7, 11) is 1.92. The SMILES string of the molecule is Cn1cncc1C[C@H]1COC(=O)[C@H]1[C@H](O)c1ccccc1. The van der Waals surface area contributed by atoms with Gasteiger partial charge in [0.15, 0.2) is 0 Å². The van der Waals surface area contributed by atoms with Crippen LogP contribution in [-0.2, 0) is 23.0 Å². The summed E-state index contributed by atoms with van der Waals surface area (Å²) < 4.78 is 7.11. The van der Waals surface area contributed by atoms with Gasteiger partial charge in [-0.3, -0.25) is 4.79 Å². The van der Waals surface area contributed by atoms with Gasteiger partial charge in [-0.05, 0) is 12.0 Å². The van der Waals surface area contributed by atoms with Crippen LogP contribution in [0.25, 0.3) is 0 Å². The van der Waals surface area contributed by atoms with Gasteiger partial charge in [0.1, 0.15) is 0 Å². The first kappa shape index (κ1) is 13.8. The third kappa shape index (κ3) is 2.69. The summed E-state index contributed by atoms with van der Waals surface area (Å²) in [5, 5.41) is 10.5. The summed E-state index contributed by atoms with van der Waals surface area (Å²) in [5.41, 5.74) is 1.78. The van der Waals surface area contributed by atoms with Crippen molar-refractivity contribution in [3.05, 3.63) is 54.1 Å². The van der Waals surface area contributed by atoms with Gasteiger partial charge in [-0.2, -0.15) is 0 Å². The number of carbonyl (C=O) groups excluding carboxylic acids is 1. The van der Waals surface area contributed by atoms with Crippen molar-refractivity contribution < 1.29 is 14.6 Å². The van der Waals surface area contributed by atoms with Crippen LogP contribution in [0.5, 0.6) is 0 Å². The van der Waals surface area contributed by atoms with E-state index >= 15 is 0 Å². The number of hydrogen-bond acceptors (Lipinski definition) is 4. The smallest absolute Gasteiger partial charge is 0.312 e. The van der Waals surface area contributed by atoms with E-state index in [1.54, 1.807) is 12.5 Å². The number of aryl methyl sites for hydroxylation is 1. The largest absolute Gasteiger partial charge is 0.465 e. The fraction of sp³-hybridized carbons (Fsp3) is 0.375. The highest BCUT2D eigenvalue weighted by Crippen LogP contribution is 2.35. The maximum Gasteiger partial charge on any atom is 0.312 e. The fourth-order valence-corrected chi connectivity index (χ4v) is 2.86. The first-order valence-corrected chi connectivity index (χ1v) is 7.01. The number of cyclic esters (lactones) is 1. The van der Waals surface area contributed by atoms with Crippen molar-refractivity contribution in [3.8, 4) is 0 Å². The van der Waals surface area contributed by atoms with Gasteiger partial charge in [-0.1, -0.05) is 30.3 Å². The Balaban J connectivity index is 1.81. The van der Waals surface area contributed by atoms with Crippen molar-refractivity contribution in [1.82, 2.24) is 9.55 Å². The van der Waals surface area contributed by atoms with Crippen molar-refractivity contribution in [2.75, 3.05) is 6.61 Å². The minimum absolute atomic E-state index is 0.0388. The molecule has 0 saturated carbocycles. The molecular weight excluding hydrogens is 268 g/mol. The highest BCUT2D eigenvalue weighted by Gasteiger charge is 2.42. The molecule has 1 fully saturated rings. The number of ether oxygens (including phenoxy) is 1. The zero-order chi connectivity index (χ0) is 14.8. The molecule has 1 N–H and O–H groups in total. The minimum Gasteiger partial charge on any atom is -0.465 e. The lowest BCUT2D eigenvalue weighted by atomic mass is 9.84. The molecule has 0 amide bonds. The molecule has 5 nitrogen and oxygen atoms in total. The van der Waals surface area contributed by atoms with E-state index in [1.165, 1.54) is 0 Å². The van der Waals surface area contributed by atoms with E-state index in [2.05, 4.69) is 4.98 Å². The number of aromatic nitrogens is 2. The third-order valence-electron chi connectivity index (χ3n) is 4.09. The standard InChI is InChI=1S/C16H18N2O3/c1-18-10-17-8-13(18)7-12-9-21-16(20)14(12)15(19)11-5-3-2-4-6-11/h2-6,8,10,12,14-15,19H,7,9H2,1H3/t12-,14+,15+/m0/s1. The monoisotopic (exact) mass is 286 g/mol. The third-order valence-corrected chi connectivity index (χ3v) is 4.09. The summed E-state index contributed by atoms with van der Waals surface area (Å²) in [5.74, 6) is -0.885. The average Bonchev–Trinajstić information content (AvgIpc) is 3.06. The zero-order valence-corrected chi connectivity index (χ0v) is 11.8. The van der Waals surface area contributed by atoms with Crippen LogP contribution in [-0.4, -0.2) is 27.2 Å². The molecule has 2 heterocycles. The average molecular weight is 286 g/mol. The van der Waals surface area contributed by atoms with Crippen LogP contribution >= 0.6 is 0 Å². The Morgan fingerprint density at radius 3 is 2.86 bits per heavy atom. The highest BCUT2D eigenvalue weighted by molar-refractivity contribution is 5.75. The van der Waals surface area contributed by atoms with Gasteiger partial charge < -0.3 is 14.4 Å². The molecule has 3 rings (SSSR count). The number of imidazole rings is 1. The normalized spacial score (nSPS) is 23.0. The number of nitrogens with zero attached hydrogens (tertiary/aromatic N) is 2. The van der Waals surface area contributed by atoms with Crippen molar-refractivity contribution in [2.24, 2.45) is 18.9 Å². The van der Waals surface area contributed by atoms with Gasteiger partial charge in [0.2, 0.25) is 0 Å². The summed E-state index contributed by atoms with van der Waals surface area (Å²) in [4.78, 5) is 16.1. The molecule has 1 aromatic carbocycles. The van der Waals surface area contributed by atoms with Crippen molar-refractivity contribution in [3.63, 3.8) is 0 Å². The quantitative estimate of drug-likeness (QED) is 0.865. The Morgan fingerprint density at radius 2 is 2.19 bits per heavy atom. The molecule has 110 valence electrons. The number of aliphatic hydroxyl groups excluding tert-OH is 1. The summed E-state index contributed by atoms with van der Waals surface area (Å²) >= 11 is 0. The lowest BCUT2D eigenvalue weighted by molar-refractivity contribution is -0.144. The van der Waals surface area contributed by atoms with E-state index in [-0.39, 0.29) is 11.9 Å². The predicted octanol–water partition coefficient (Wildman–Crippen LogP) is 1.49.